The van der Waals surface area contributed by atoms with E-state index in [0.717, 1.165) is 7.11 Å². The number of hydrogen-bond donors (Lipinski definition) is 1. The van der Waals surface area contributed by atoms with E-state index in [1.807, 2.05) is 6.07 Å². The van der Waals surface area contributed by atoms with Gasteiger partial charge in [0, 0.05) is 7.11 Å². The SMILES string of the molecule is CCC.CO.Cc1ccc(-c2ccccc2)cc1. The molecule has 0 saturated heterocycles. The molecule has 0 saturated carbocycles. The number of benzene rings is 2. The van der Waals surface area contributed by atoms with Gasteiger partial charge in [-0.1, -0.05) is 80.4 Å². The summed E-state index contributed by atoms with van der Waals surface area (Å²) in [4.78, 5) is 0. The Bertz CT molecular complexity index is 390. The van der Waals surface area contributed by atoms with Crippen LogP contribution in [0.5, 0.6) is 0 Å². The molecule has 0 aliphatic rings. The average molecular weight is 244 g/mol. The Kier molecular flexibility index (Phi) is 9.61. The quantitative estimate of drug-likeness (QED) is 0.771. The first kappa shape index (κ1) is 16.4. The number of aliphatic hydroxyl groups is 1. The molecule has 18 heavy (non-hydrogen) atoms. The Balaban J connectivity index is 0.000000509. The van der Waals surface area contributed by atoms with Crippen LogP contribution in [0.4, 0.5) is 0 Å². The number of aryl methyl sites for hydroxylation is 1. The molecule has 2 rings (SSSR count). The maximum Gasteiger partial charge on any atom is 0.0319 e. The van der Waals surface area contributed by atoms with Crippen molar-refractivity contribution in [3.05, 3.63) is 60.2 Å². The largest absolute Gasteiger partial charge is 0.400 e. The monoisotopic (exact) mass is 244 g/mol. The molecule has 0 fully saturated rings. The highest BCUT2D eigenvalue weighted by molar-refractivity contribution is 5.63. The number of aliphatic hydroxyl groups excluding tert-OH is 1. The van der Waals surface area contributed by atoms with E-state index in [2.05, 4.69) is 69.3 Å². The number of rotatable bonds is 1. The molecule has 2 aromatic rings. The standard InChI is InChI=1S/C13H12.C3H8.CH4O/c1-11-7-9-13(10-8-11)12-5-3-2-4-6-12;1-3-2;1-2/h2-10H,1H3;3H2,1-2H3;2H,1H3. The van der Waals surface area contributed by atoms with E-state index in [1.165, 1.54) is 23.1 Å². The molecule has 0 amide bonds. The minimum atomic E-state index is 1.00. The van der Waals surface area contributed by atoms with Crippen molar-refractivity contribution in [2.75, 3.05) is 7.11 Å². The van der Waals surface area contributed by atoms with Crippen LogP contribution in [0.2, 0.25) is 0 Å². The summed E-state index contributed by atoms with van der Waals surface area (Å²) >= 11 is 0. The zero-order valence-corrected chi connectivity index (χ0v) is 11.9. The predicted octanol–water partition coefficient (Wildman–Crippen LogP) is 4.69. The number of hydrogen-bond acceptors (Lipinski definition) is 1. The lowest BCUT2D eigenvalue weighted by Gasteiger charge is -2.00. The van der Waals surface area contributed by atoms with Gasteiger partial charge in [-0.05, 0) is 18.1 Å². The molecular weight excluding hydrogens is 220 g/mol. The average Bonchev–Trinajstić information content (AvgIpc) is 2.44. The lowest BCUT2D eigenvalue weighted by molar-refractivity contribution is 0.399. The maximum atomic E-state index is 7.00. The van der Waals surface area contributed by atoms with Crippen LogP contribution in [0.3, 0.4) is 0 Å². The third-order valence-electron chi connectivity index (χ3n) is 2.16. The summed E-state index contributed by atoms with van der Waals surface area (Å²) in [6.07, 6.45) is 1.25. The minimum absolute atomic E-state index is 1.00. The van der Waals surface area contributed by atoms with Gasteiger partial charge in [-0.15, -0.1) is 0 Å². The second-order valence-electron chi connectivity index (χ2n) is 3.94. The van der Waals surface area contributed by atoms with Crippen molar-refractivity contribution in [3.8, 4) is 11.1 Å². The molecule has 0 bridgehead atoms. The third-order valence-corrected chi connectivity index (χ3v) is 2.16. The summed E-state index contributed by atoms with van der Waals surface area (Å²) in [5, 5.41) is 7.00. The molecule has 0 spiro atoms. The predicted molar refractivity (Wildman–Crippen MR) is 80.7 cm³/mol. The van der Waals surface area contributed by atoms with Crippen LogP contribution in [-0.4, -0.2) is 12.2 Å². The highest BCUT2D eigenvalue weighted by Gasteiger charge is 1.93. The van der Waals surface area contributed by atoms with Crippen LogP contribution in [0.15, 0.2) is 54.6 Å². The van der Waals surface area contributed by atoms with Gasteiger partial charge in [0.25, 0.3) is 0 Å². The van der Waals surface area contributed by atoms with Crippen molar-refractivity contribution in [1.29, 1.82) is 0 Å². The van der Waals surface area contributed by atoms with Gasteiger partial charge in [0.05, 0.1) is 0 Å². The van der Waals surface area contributed by atoms with Gasteiger partial charge in [-0.2, -0.15) is 0 Å². The lowest BCUT2D eigenvalue weighted by atomic mass is 10.0. The normalized spacial score (nSPS) is 8.50. The smallest absolute Gasteiger partial charge is 0.0319 e. The summed E-state index contributed by atoms with van der Waals surface area (Å²) in [6, 6.07) is 19.0. The fourth-order valence-electron chi connectivity index (χ4n) is 1.38. The molecule has 1 N–H and O–H groups in total. The Morgan fingerprint density at radius 2 is 1.11 bits per heavy atom. The topological polar surface area (TPSA) is 20.2 Å². The Morgan fingerprint density at radius 3 is 1.56 bits per heavy atom. The molecule has 2 aromatic carbocycles. The Labute approximate surface area is 111 Å². The van der Waals surface area contributed by atoms with Gasteiger partial charge < -0.3 is 5.11 Å². The summed E-state index contributed by atoms with van der Waals surface area (Å²) < 4.78 is 0. The van der Waals surface area contributed by atoms with Gasteiger partial charge in [0.15, 0.2) is 0 Å². The fraction of sp³-hybridized carbons (Fsp3) is 0.294. The second kappa shape index (κ2) is 10.5. The second-order valence-corrected chi connectivity index (χ2v) is 3.94. The first-order chi connectivity index (χ1) is 8.77. The van der Waals surface area contributed by atoms with Crippen molar-refractivity contribution < 1.29 is 5.11 Å². The van der Waals surface area contributed by atoms with Gasteiger partial charge in [-0.3, -0.25) is 0 Å². The molecule has 0 radical (unpaired) electrons. The molecule has 98 valence electrons. The van der Waals surface area contributed by atoms with Crippen molar-refractivity contribution in [1.82, 2.24) is 0 Å². The van der Waals surface area contributed by atoms with Crippen LogP contribution >= 0.6 is 0 Å². The van der Waals surface area contributed by atoms with Crippen LogP contribution in [-0.2, 0) is 0 Å². The van der Waals surface area contributed by atoms with E-state index in [1.54, 1.807) is 0 Å². The van der Waals surface area contributed by atoms with Crippen molar-refractivity contribution in [3.63, 3.8) is 0 Å². The first-order valence-corrected chi connectivity index (χ1v) is 6.34. The van der Waals surface area contributed by atoms with Crippen molar-refractivity contribution in [2.45, 2.75) is 27.2 Å². The minimum Gasteiger partial charge on any atom is -0.400 e. The van der Waals surface area contributed by atoms with Gasteiger partial charge in [0.1, 0.15) is 0 Å². The lowest BCUT2D eigenvalue weighted by Crippen LogP contribution is -1.76. The molecule has 0 aromatic heterocycles. The molecule has 0 aliphatic heterocycles. The van der Waals surface area contributed by atoms with E-state index >= 15 is 0 Å². The van der Waals surface area contributed by atoms with Crippen LogP contribution in [0.25, 0.3) is 11.1 Å². The van der Waals surface area contributed by atoms with Gasteiger partial charge in [0.2, 0.25) is 0 Å². The Hall–Kier alpha value is -1.60. The highest BCUT2D eigenvalue weighted by atomic mass is 16.2. The Morgan fingerprint density at radius 1 is 0.722 bits per heavy atom. The van der Waals surface area contributed by atoms with Crippen molar-refractivity contribution >= 4 is 0 Å². The molecule has 0 unspecified atom stereocenters. The van der Waals surface area contributed by atoms with Gasteiger partial charge >= 0.3 is 0 Å². The van der Waals surface area contributed by atoms with E-state index in [0.29, 0.717) is 0 Å². The van der Waals surface area contributed by atoms with E-state index in [9.17, 15) is 0 Å². The third kappa shape index (κ3) is 6.21. The molecule has 0 aliphatic carbocycles. The summed E-state index contributed by atoms with van der Waals surface area (Å²) in [5.41, 5.74) is 3.87. The maximum absolute atomic E-state index is 7.00. The molecule has 1 heteroatoms. The zero-order valence-electron chi connectivity index (χ0n) is 11.9. The van der Waals surface area contributed by atoms with E-state index in [4.69, 9.17) is 5.11 Å². The van der Waals surface area contributed by atoms with Gasteiger partial charge in [-0.25, -0.2) is 0 Å². The molecule has 0 heterocycles. The van der Waals surface area contributed by atoms with E-state index < -0.39 is 0 Å². The summed E-state index contributed by atoms with van der Waals surface area (Å²) in [5.74, 6) is 0. The molecule has 0 atom stereocenters. The van der Waals surface area contributed by atoms with Crippen molar-refractivity contribution in [2.24, 2.45) is 0 Å². The molecule has 1 nitrogen and oxygen atoms in total. The van der Waals surface area contributed by atoms with Crippen LogP contribution < -0.4 is 0 Å². The fourth-order valence-corrected chi connectivity index (χ4v) is 1.38. The van der Waals surface area contributed by atoms with Crippen LogP contribution in [0, 0.1) is 6.92 Å². The first-order valence-electron chi connectivity index (χ1n) is 6.34. The summed E-state index contributed by atoms with van der Waals surface area (Å²) in [6.45, 7) is 6.36. The highest BCUT2D eigenvalue weighted by Crippen LogP contribution is 2.18. The summed E-state index contributed by atoms with van der Waals surface area (Å²) in [7, 11) is 1.00. The van der Waals surface area contributed by atoms with E-state index in [-0.39, 0.29) is 0 Å². The molecular formula is C17H24O. The van der Waals surface area contributed by atoms with Crippen LogP contribution in [0.1, 0.15) is 25.8 Å². The zero-order chi connectivity index (χ0) is 13.8.